The highest BCUT2D eigenvalue weighted by Gasteiger charge is 2.27. The summed E-state index contributed by atoms with van der Waals surface area (Å²) in [6.45, 7) is 4.82. The van der Waals surface area contributed by atoms with Crippen LogP contribution in [0.5, 0.6) is 0 Å². The molecule has 1 aliphatic heterocycles. The predicted molar refractivity (Wildman–Crippen MR) is 116 cm³/mol. The Morgan fingerprint density at radius 1 is 1.07 bits per heavy atom. The van der Waals surface area contributed by atoms with Crippen LogP contribution in [0.4, 0.5) is 11.8 Å². The third kappa shape index (κ3) is 4.30. The first-order valence-corrected chi connectivity index (χ1v) is 10.9. The zero-order chi connectivity index (χ0) is 19.3. The summed E-state index contributed by atoms with van der Waals surface area (Å²) in [5.74, 6) is 1.78. The maximum Gasteiger partial charge on any atom is 0.222 e. The first-order chi connectivity index (χ1) is 13.7. The monoisotopic (exact) mass is 379 g/mol. The van der Waals surface area contributed by atoms with E-state index >= 15 is 0 Å². The third-order valence-corrected chi connectivity index (χ3v) is 6.26. The van der Waals surface area contributed by atoms with Crippen LogP contribution < -0.4 is 10.6 Å². The zero-order valence-corrected chi connectivity index (χ0v) is 17.1. The first kappa shape index (κ1) is 19.2. The summed E-state index contributed by atoms with van der Waals surface area (Å²) in [5, 5.41) is 0. The third-order valence-electron chi connectivity index (χ3n) is 6.26. The maximum absolute atomic E-state index is 6.14. The van der Waals surface area contributed by atoms with Crippen LogP contribution in [0.1, 0.15) is 61.3 Å². The van der Waals surface area contributed by atoms with Crippen molar-refractivity contribution in [1.82, 2.24) is 14.9 Å². The molecule has 1 aromatic heterocycles. The number of nitrogens with zero attached hydrogens (tertiary/aromatic N) is 4. The number of hydrogen-bond donors (Lipinski definition) is 1. The predicted octanol–water partition coefficient (Wildman–Crippen LogP) is 3.84. The molecule has 5 nitrogen and oxygen atoms in total. The summed E-state index contributed by atoms with van der Waals surface area (Å²) in [6, 6.07) is 10.7. The molecule has 1 fully saturated rings. The summed E-state index contributed by atoms with van der Waals surface area (Å²) >= 11 is 0. The Hall–Kier alpha value is -2.14. The van der Waals surface area contributed by atoms with Gasteiger partial charge in [0.1, 0.15) is 5.82 Å². The van der Waals surface area contributed by atoms with Crippen molar-refractivity contribution in [3.05, 3.63) is 47.2 Å². The number of nitrogens with two attached hydrogens (primary N) is 1. The summed E-state index contributed by atoms with van der Waals surface area (Å²) < 4.78 is 0. The smallest absolute Gasteiger partial charge is 0.222 e. The summed E-state index contributed by atoms with van der Waals surface area (Å²) in [4.78, 5) is 14.2. The Kier molecular flexibility index (Phi) is 6.10. The standard InChI is InChI=1S/C23H33N5/c1-27(14-5-6-15-28-16-7-8-17-28)22-20-13-9-12-19(18-10-3-2-4-11-18)21(20)25-23(24)26-22/h2-4,10-11,19H,5-9,12-17H2,1H3,(H2,24,25,26). The van der Waals surface area contributed by atoms with E-state index in [-0.39, 0.29) is 0 Å². The second kappa shape index (κ2) is 8.91. The number of aromatic nitrogens is 2. The van der Waals surface area contributed by atoms with Crippen molar-refractivity contribution in [3.8, 4) is 0 Å². The van der Waals surface area contributed by atoms with Crippen LogP contribution in [-0.4, -0.2) is 48.1 Å². The van der Waals surface area contributed by atoms with Gasteiger partial charge < -0.3 is 15.5 Å². The van der Waals surface area contributed by atoms with Crippen molar-refractivity contribution in [2.75, 3.05) is 43.9 Å². The lowest BCUT2D eigenvalue weighted by atomic mass is 9.82. The summed E-state index contributed by atoms with van der Waals surface area (Å²) in [7, 11) is 2.16. The normalized spacial score (nSPS) is 19.5. The molecule has 0 saturated carbocycles. The van der Waals surface area contributed by atoms with Gasteiger partial charge in [0.25, 0.3) is 0 Å². The Balaban J connectivity index is 1.47. The SMILES string of the molecule is CN(CCCCN1CCCC1)c1nc(N)nc2c1CCCC2c1ccccc1. The fourth-order valence-electron chi connectivity index (χ4n) is 4.78. The van der Waals surface area contributed by atoms with Gasteiger partial charge in [-0.2, -0.15) is 4.98 Å². The topological polar surface area (TPSA) is 58.3 Å². The van der Waals surface area contributed by atoms with Crippen LogP contribution in [0, 0.1) is 0 Å². The average Bonchev–Trinajstić information content (AvgIpc) is 3.24. The maximum atomic E-state index is 6.14. The van der Waals surface area contributed by atoms with Crippen molar-refractivity contribution in [3.63, 3.8) is 0 Å². The minimum absolute atomic E-state index is 0.331. The number of rotatable bonds is 7. The second-order valence-corrected chi connectivity index (χ2v) is 8.30. The van der Waals surface area contributed by atoms with E-state index in [4.69, 9.17) is 10.7 Å². The van der Waals surface area contributed by atoms with E-state index in [1.807, 2.05) is 0 Å². The highest BCUT2D eigenvalue weighted by atomic mass is 15.2. The summed E-state index contributed by atoms with van der Waals surface area (Å²) in [6.07, 6.45) is 8.53. The minimum Gasteiger partial charge on any atom is -0.368 e. The van der Waals surface area contributed by atoms with E-state index in [9.17, 15) is 0 Å². The number of benzene rings is 1. The van der Waals surface area contributed by atoms with Crippen LogP contribution in [0.15, 0.2) is 30.3 Å². The molecule has 5 heteroatoms. The second-order valence-electron chi connectivity index (χ2n) is 8.30. The average molecular weight is 380 g/mol. The minimum atomic E-state index is 0.331. The quantitative estimate of drug-likeness (QED) is 0.741. The van der Waals surface area contributed by atoms with Gasteiger partial charge >= 0.3 is 0 Å². The van der Waals surface area contributed by atoms with Gasteiger partial charge in [0.2, 0.25) is 5.95 Å². The zero-order valence-electron chi connectivity index (χ0n) is 17.1. The van der Waals surface area contributed by atoms with E-state index in [1.165, 1.54) is 62.9 Å². The molecule has 4 rings (SSSR count). The molecular weight excluding hydrogens is 346 g/mol. The molecule has 1 aliphatic carbocycles. The largest absolute Gasteiger partial charge is 0.368 e. The molecule has 2 N–H and O–H groups in total. The lowest BCUT2D eigenvalue weighted by molar-refractivity contribution is 0.330. The molecule has 2 aromatic rings. The molecule has 1 unspecified atom stereocenters. The molecule has 0 spiro atoms. The number of hydrogen-bond acceptors (Lipinski definition) is 5. The van der Waals surface area contributed by atoms with E-state index < -0.39 is 0 Å². The van der Waals surface area contributed by atoms with Crippen LogP contribution >= 0.6 is 0 Å². The van der Waals surface area contributed by atoms with E-state index in [2.05, 4.69) is 52.2 Å². The van der Waals surface area contributed by atoms with Crippen LogP contribution in [0.2, 0.25) is 0 Å². The lowest BCUT2D eigenvalue weighted by Gasteiger charge is -2.29. The van der Waals surface area contributed by atoms with E-state index in [0.29, 0.717) is 11.9 Å². The van der Waals surface area contributed by atoms with Gasteiger partial charge in [-0.1, -0.05) is 30.3 Å². The van der Waals surface area contributed by atoms with Crippen molar-refractivity contribution >= 4 is 11.8 Å². The molecule has 150 valence electrons. The van der Waals surface area contributed by atoms with Crippen molar-refractivity contribution in [1.29, 1.82) is 0 Å². The van der Waals surface area contributed by atoms with Gasteiger partial charge in [-0.15, -0.1) is 0 Å². The Bertz CT molecular complexity index is 770. The van der Waals surface area contributed by atoms with Crippen molar-refractivity contribution in [2.24, 2.45) is 0 Å². The van der Waals surface area contributed by atoms with Gasteiger partial charge in [-0.05, 0) is 70.1 Å². The van der Waals surface area contributed by atoms with E-state index in [0.717, 1.165) is 30.9 Å². The first-order valence-electron chi connectivity index (χ1n) is 10.9. The van der Waals surface area contributed by atoms with E-state index in [1.54, 1.807) is 0 Å². The molecule has 0 bridgehead atoms. The van der Waals surface area contributed by atoms with Gasteiger partial charge in [-0.3, -0.25) is 0 Å². The molecule has 2 aliphatic rings. The number of unbranched alkanes of at least 4 members (excludes halogenated alkanes) is 1. The molecule has 28 heavy (non-hydrogen) atoms. The van der Waals surface area contributed by atoms with Gasteiger partial charge in [0.15, 0.2) is 0 Å². The van der Waals surface area contributed by atoms with Crippen molar-refractivity contribution in [2.45, 2.75) is 50.9 Å². The lowest BCUT2D eigenvalue weighted by Crippen LogP contribution is -2.26. The molecule has 2 heterocycles. The molecule has 0 amide bonds. The highest BCUT2D eigenvalue weighted by Crippen LogP contribution is 2.39. The molecular formula is C23H33N5. The number of nitrogen functional groups attached to an aromatic ring is 1. The Morgan fingerprint density at radius 2 is 1.86 bits per heavy atom. The molecule has 0 radical (unpaired) electrons. The Morgan fingerprint density at radius 3 is 2.64 bits per heavy atom. The number of anilines is 2. The van der Waals surface area contributed by atoms with Crippen LogP contribution in [0.25, 0.3) is 0 Å². The van der Waals surface area contributed by atoms with Crippen LogP contribution in [0.3, 0.4) is 0 Å². The fraction of sp³-hybridized carbons (Fsp3) is 0.565. The fourth-order valence-corrected chi connectivity index (χ4v) is 4.78. The van der Waals surface area contributed by atoms with Gasteiger partial charge in [0.05, 0.1) is 5.69 Å². The van der Waals surface area contributed by atoms with Gasteiger partial charge in [0, 0.05) is 25.1 Å². The number of likely N-dealkylation sites (tertiary alicyclic amines) is 1. The van der Waals surface area contributed by atoms with Gasteiger partial charge in [-0.25, -0.2) is 4.98 Å². The van der Waals surface area contributed by atoms with Crippen LogP contribution in [-0.2, 0) is 6.42 Å². The molecule has 1 atom stereocenters. The Labute approximate surface area is 169 Å². The molecule has 1 aromatic carbocycles. The molecule has 1 saturated heterocycles. The highest BCUT2D eigenvalue weighted by molar-refractivity contribution is 5.54. The number of fused-ring (bicyclic) bond motifs is 1. The summed E-state index contributed by atoms with van der Waals surface area (Å²) in [5.41, 5.74) is 9.92. The van der Waals surface area contributed by atoms with Crippen molar-refractivity contribution < 1.29 is 0 Å².